The van der Waals surface area contributed by atoms with Crippen molar-refractivity contribution in [2.45, 2.75) is 32.1 Å². The predicted molar refractivity (Wildman–Crippen MR) is 122 cm³/mol. The Labute approximate surface area is 187 Å². The number of piperidine rings is 1. The van der Waals surface area contributed by atoms with Crippen LogP contribution in [0.5, 0.6) is 0 Å². The Morgan fingerprint density at radius 1 is 1.06 bits per heavy atom. The number of fused-ring (bicyclic) bond motifs is 1. The Kier molecular flexibility index (Phi) is 6.34. The third-order valence-electron chi connectivity index (χ3n) is 5.76. The first-order valence-corrected chi connectivity index (χ1v) is 11.0. The molecule has 0 saturated carbocycles. The first-order valence-electron chi connectivity index (χ1n) is 11.0. The molecule has 0 spiro atoms. The number of nitrogens with one attached hydrogen (secondary N) is 1. The van der Waals surface area contributed by atoms with Crippen molar-refractivity contribution < 1.29 is 14.4 Å². The standard InChI is InChI=1S/C23H28N6O3/c1-27(2)20-18(15-24-23(26-20)28-12-6-3-7-13-28)25-19(30)11-8-14-29-21(31)16-9-4-5-10-17(16)22(29)32/h4-5,9-10,15H,3,6-8,11-14H2,1-2H3,(H,25,30). The van der Waals surface area contributed by atoms with Gasteiger partial charge in [0.2, 0.25) is 11.9 Å². The summed E-state index contributed by atoms with van der Waals surface area (Å²) in [5, 5.41) is 2.87. The zero-order chi connectivity index (χ0) is 22.7. The minimum atomic E-state index is -0.303. The van der Waals surface area contributed by atoms with Gasteiger partial charge in [-0.1, -0.05) is 12.1 Å². The van der Waals surface area contributed by atoms with Gasteiger partial charge in [-0.15, -0.1) is 0 Å². The lowest BCUT2D eigenvalue weighted by Crippen LogP contribution is -2.32. The van der Waals surface area contributed by atoms with E-state index < -0.39 is 0 Å². The molecule has 0 bridgehead atoms. The summed E-state index contributed by atoms with van der Waals surface area (Å²) in [6.45, 7) is 2.08. The molecule has 1 aromatic carbocycles. The Bertz CT molecular complexity index is 997. The Hall–Kier alpha value is -3.49. The summed E-state index contributed by atoms with van der Waals surface area (Å²) in [6.07, 6.45) is 5.69. The van der Waals surface area contributed by atoms with E-state index in [0.29, 0.717) is 35.0 Å². The van der Waals surface area contributed by atoms with Crippen LogP contribution in [0.15, 0.2) is 30.5 Å². The highest BCUT2D eigenvalue weighted by molar-refractivity contribution is 6.21. The Balaban J connectivity index is 1.35. The molecule has 0 aliphatic carbocycles. The fourth-order valence-corrected chi connectivity index (χ4v) is 4.09. The maximum absolute atomic E-state index is 12.5. The number of carbonyl (C=O) groups is 3. The van der Waals surface area contributed by atoms with Crippen LogP contribution >= 0.6 is 0 Å². The lowest BCUT2D eigenvalue weighted by molar-refractivity contribution is -0.116. The fourth-order valence-electron chi connectivity index (χ4n) is 4.09. The molecule has 3 heterocycles. The van der Waals surface area contributed by atoms with E-state index >= 15 is 0 Å². The molecule has 0 radical (unpaired) electrons. The number of hydrogen-bond acceptors (Lipinski definition) is 7. The van der Waals surface area contributed by atoms with Crippen molar-refractivity contribution in [3.63, 3.8) is 0 Å². The first-order chi connectivity index (χ1) is 15.5. The van der Waals surface area contributed by atoms with Crippen LogP contribution < -0.4 is 15.1 Å². The van der Waals surface area contributed by atoms with Gasteiger partial charge >= 0.3 is 0 Å². The van der Waals surface area contributed by atoms with Gasteiger partial charge in [-0.2, -0.15) is 4.98 Å². The summed E-state index contributed by atoms with van der Waals surface area (Å²) in [7, 11) is 3.75. The molecule has 2 aromatic rings. The molecule has 1 saturated heterocycles. The number of carbonyl (C=O) groups excluding carboxylic acids is 3. The molecule has 0 atom stereocenters. The number of anilines is 3. The molecular weight excluding hydrogens is 408 g/mol. The van der Waals surface area contributed by atoms with E-state index in [1.54, 1.807) is 30.5 Å². The van der Waals surface area contributed by atoms with Gasteiger partial charge in [-0.05, 0) is 37.8 Å². The second-order valence-corrected chi connectivity index (χ2v) is 8.31. The maximum Gasteiger partial charge on any atom is 0.261 e. The van der Waals surface area contributed by atoms with Gasteiger partial charge in [-0.3, -0.25) is 19.3 Å². The van der Waals surface area contributed by atoms with E-state index in [0.717, 1.165) is 25.9 Å². The highest BCUT2D eigenvalue weighted by Crippen LogP contribution is 2.26. The average molecular weight is 437 g/mol. The molecule has 1 N–H and O–H groups in total. The third kappa shape index (κ3) is 4.42. The van der Waals surface area contributed by atoms with Crippen molar-refractivity contribution in [3.05, 3.63) is 41.6 Å². The minimum Gasteiger partial charge on any atom is -0.361 e. The highest BCUT2D eigenvalue weighted by atomic mass is 16.2. The van der Waals surface area contributed by atoms with Crippen LogP contribution in [0.2, 0.25) is 0 Å². The van der Waals surface area contributed by atoms with E-state index in [1.165, 1.54) is 11.3 Å². The van der Waals surface area contributed by atoms with Crippen LogP contribution in [0.3, 0.4) is 0 Å². The fraction of sp³-hybridized carbons (Fsp3) is 0.435. The number of hydrogen-bond donors (Lipinski definition) is 1. The Morgan fingerprint density at radius 2 is 1.72 bits per heavy atom. The maximum atomic E-state index is 12.5. The van der Waals surface area contributed by atoms with Crippen LogP contribution in [0.4, 0.5) is 17.5 Å². The second-order valence-electron chi connectivity index (χ2n) is 8.31. The first kappa shape index (κ1) is 21.7. The molecule has 2 aliphatic heterocycles. The van der Waals surface area contributed by atoms with Crippen molar-refractivity contribution in [2.24, 2.45) is 0 Å². The van der Waals surface area contributed by atoms with Gasteiger partial charge in [0.05, 0.1) is 17.3 Å². The van der Waals surface area contributed by atoms with Crippen molar-refractivity contribution in [1.82, 2.24) is 14.9 Å². The molecule has 2 aliphatic rings. The number of aromatic nitrogens is 2. The van der Waals surface area contributed by atoms with Gasteiger partial charge < -0.3 is 15.1 Å². The molecule has 1 fully saturated rings. The molecule has 4 rings (SSSR count). The lowest BCUT2D eigenvalue weighted by atomic mass is 10.1. The number of amides is 3. The topological polar surface area (TPSA) is 98.7 Å². The smallest absolute Gasteiger partial charge is 0.261 e. The molecule has 9 nitrogen and oxygen atoms in total. The number of imide groups is 1. The van der Waals surface area contributed by atoms with E-state index in [1.807, 2.05) is 19.0 Å². The number of rotatable bonds is 7. The average Bonchev–Trinajstić information content (AvgIpc) is 3.05. The number of benzene rings is 1. The van der Waals surface area contributed by atoms with Crippen molar-refractivity contribution in [3.8, 4) is 0 Å². The molecule has 32 heavy (non-hydrogen) atoms. The van der Waals surface area contributed by atoms with Gasteiger partial charge in [-0.25, -0.2) is 4.98 Å². The molecular formula is C23H28N6O3. The summed E-state index contributed by atoms with van der Waals surface area (Å²) in [4.78, 5) is 51.8. The van der Waals surface area contributed by atoms with Crippen LogP contribution in [-0.4, -0.2) is 66.3 Å². The zero-order valence-corrected chi connectivity index (χ0v) is 18.5. The molecule has 1 aromatic heterocycles. The summed E-state index contributed by atoms with van der Waals surface area (Å²) < 4.78 is 0. The van der Waals surface area contributed by atoms with Gasteiger partial charge in [0.25, 0.3) is 11.8 Å². The van der Waals surface area contributed by atoms with E-state index in [4.69, 9.17) is 0 Å². The van der Waals surface area contributed by atoms with Gasteiger partial charge in [0.1, 0.15) is 5.69 Å². The number of nitrogens with zero attached hydrogens (tertiary/aromatic N) is 5. The van der Waals surface area contributed by atoms with Crippen molar-refractivity contribution >= 4 is 35.2 Å². The van der Waals surface area contributed by atoms with E-state index in [-0.39, 0.29) is 30.7 Å². The van der Waals surface area contributed by atoms with Crippen LogP contribution in [0.25, 0.3) is 0 Å². The predicted octanol–water partition coefficient (Wildman–Crippen LogP) is 2.55. The normalized spacial score (nSPS) is 15.7. The molecule has 168 valence electrons. The second kappa shape index (κ2) is 9.33. The third-order valence-corrected chi connectivity index (χ3v) is 5.76. The molecule has 3 amide bonds. The quantitative estimate of drug-likeness (QED) is 0.666. The van der Waals surface area contributed by atoms with Crippen LogP contribution in [-0.2, 0) is 4.79 Å². The highest BCUT2D eigenvalue weighted by Gasteiger charge is 2.34. The van der Waals surface area contributed by atoms with Gasteiger partial charge in [0.15, 0.2) is 5.82 Å². The Morgan fingerprint density at radius 3 is 2.34 bits per heavy atom. The summed E-state index contributed by atoms with van der Waals surface area (Å²) in [5.74, 6) is 0.510. The summed E-state index contributed by atoms with van der Waals surface area (Å²) in [6, 6.07) is 6.78. The summed E-state index contributed by atoms with van der Waals surface area (Å²) >= 11 is 0. The van der Waals surface area contributed by atoms with Crippen LogP contribution in [0.1, 0.15) is 52.8 Å². The zero-order valence-electron chi connectivity index (χ0n) is 18.5. The largest absolute Gasteiger partial charge is 0.361 e. The summed E-state index contributed by atoms with van der Waals surface area (Å²) in [5.41, 5.74) is 1.38. The molecule has 0 unspecified atom stereocenters. The van der Waals surface area contributed by atoms with E-state index in [9.17, 15) is 14.4 Å². The monoisotopic (exact) mass is 436 g/mol. The SMILES string of the molecule is CN(C)c1nc(N2CCCCC2)ncc1NC(=O)CCCN1C(=O)c2ccccc2C1=O. The molecule has 9 heteroatoms. The van der Waals surface area contributed by atoms with E-state index in [2.05, 4.69) is 20.2 Å². The lowest BCUT2D eigenvalue weighted by Gasteiger charge is -2.28. The van der Waals surface area contributed by atoms with Crippen molar-refractivity contribution in [2.75, 3.05) is 48.8 Å². The minimum absolute atomic E-state index is 0.175. The van der Waals surface area contributed by atoms with Gasteiger partial charge in [0, 0.05) is 40.2 Å². The van der Waals surface area contributed by atoms with Crippen LogP contribution in [0, 0.1) is 0 Å². The van der Waals surface area contributed by atoms with Crippen molar-refractivity contribution in [1.29, 1.82) is 0 Å².